The quantitative estimate of drug-likeness (QED) is 0.776. The Bertz CT molecular complexity index is 629. The van der Waals surface area contributed by atoms with Crippen LogP contribution >= 0.6 is 15.9 Å². The second-order valence-electron chi connectivity index (χ2n) is 5.54. The van der Waals surface area contributed by atoms with Crippen molar-refractivity contribution in [3.05, 3.63) is 64.1 Å². The third kappa shape index (κ3) is 4.34. The van der Waals surface area contributed by atoms with E-state index >= 15 is 0 Å². The van der Waals surface area contributed by atoms with Gasteiger partial charge in [0, 0.05) is 4.47 Å². The molecule has 1 N–H and O–H groups in total. The predicted octanol–water partition coefficient (Wildman–Crippen LogP) is 5.52. The number of benzene rings is 2. The van der Waals surface area contributed by atoms with Crippen LogP contribution in [0.4, 0.5) is 5.69 Å². The lowest BCUT2D eigenvalue weighted by Crippen LogP contribution is -2.14. The fourth-order valence-electron chi connectivity index (χ4n) is 2.36. The Kier molecular flexibility index (Phi) is 5.41. The van der Waals surface area contributed by atoms with E-state index in [0.29, 0.717) is 11.5 Å². The Morgan fingerprint density at radius 2 is 1.86 bits per heavy atom. The highest BCUT2D eigenvalue weighted by atomic mass is 79.9. The molecule has 0 spiro atoms. The molecule has 108 valence electrons. The molecule has 0 saturated heterocycles. The molecule has 0 saturated carbocycles. The summed E-state index contributed by atoms with van der Waals surface area (Å²) in [6.07, 6.45) is 1.02. The van der Waals surface area contributed by atoms with Gasteiger partial charge in [0.05, 0.1) is 17.3 Å². The molecular formula is C18H19BrN2. The standard InChI is InChI=1S/C18H19BrN2/c1-13(2)10-17(14-6-4-3-5-7-14)21-18-11-16(19)9-8-15(18)12-20/h3-9,11,13,17,21H,10H2,1-2H3. The van der Waals surface area contributed by atoms with Gasteiger partial charge in [-0.25, -0.2) is 0 Å². The van der Waals surface area contributed by atoms with Crippen LogP contribution in [-0.2, 0) is 0 Å². The summed E-state index contributed by atoms with van der Waals surface area (Å²) in [5.74, 6) is 0.570. The number of anilines is 1. The summed E-state index contributed by atoms with van der Waals surface area (Å²) in [6.45, 7) is 4.42. The summed E-state index contributed by atoms with van der Waals surface area (Å²) < 4.78 is 0.973. The first kappa shape index (κ1) is 15.6. The van der Waals surface area contributed by atoms with E-state index in [9.17, 15) is 5.26 Å². The average Bonchev–Trinajstić information content (AvgIpc) is 2.47. The van der Waals surface area contributed by atoms with Crippen molar-refractivity contribution in [2.45, 2.75) is 26.3 Å². The van der Waals surface area contributed by atoms with Crippen molar-refractivity contribution < 1.29 is 0 Å². The first-order chi connectivity index (χ1) is 10.1. The Hall–Kier alpha value is -1.79. The number of nitrogens with zero attached hydrogens (tertiary/aromatic N) is 1. The summed E-state index contributed by atoms with van der Waals surface area (Å²) in [5, 5.41) is 12.8. The Morgan fingerprint density at radius 3 is 2.48 bits per heavy atom. The molecular weight excluding hydrogens is 324 g/mol. The van der Waals surface area contributed by atoms with E-state index in [1.54, 1.807) is 0 Å². The zero-order valence-electron chi connectivity index (χ0n) is 12.3. The fourth-order valence-corrected chi connectivity index (χ4v) is 2.72. The summed E-state index contributed by atoms with van der Waals surface area (Å²) in [6, 6.07) is 18.5. The largest absolute Gasteiger partial charge is 0.377 e. The number of halogens is 1. The predicted molar refractivity (Wildman–Crippen MR) is 91.1 cm³/mol. The van der Waals surface area contributed by atoms with Gasteiger partial charge < -0.3 is 5.32 Å². The van der Waals surface area contributed by atoms with Gasteiger partial charge in [-0.3, -0.25) is 0 Å². The van der Waals surface area contributed by atoms with E-state index in [-0.39, 0.29) is 6.04 Å². The van der Waals surface area contributed by atoms with E-state index in [2.05, 4.69) is 65.4 Å². The molecule has 0 aromatic heterocycles. The molecule has 0 aliphatic heterocycles. The molecule has 2 aromatic rings. The van der Waals surface area contributed by atoms with Crippen LogP contribution in [0.15, 0.2) is 53.0 Å². The number of nitriles is 1. The van der Waals surface area contributed by atoms with Gasteiger partial charge in [0.2, 0.25) is 0 Å². The second kappa shape index (κ2) is 7.28. The van der Waals surface area contributed by atoms with Crippen LogP contribution in [0.1, 0.15) is 37.4 Å². The molecule has 0 amide bonds. The monoisotopic (exact) mass is 342 g/mol. The number of nitrogens with one attached hydrogen (secondary N) is 1. The molecule has 0 aliphatic rings. The van der Waals surface area contributed by atoms with Gasteiger partial charge in [-0.15, -0.1) is 0 Å². The highest BCUT2D eigenvalue weighted by Crippen LogP contribution is 2.29. The van der Waals surface area contributed by atoms with E-state index in [4.69, 9.17) is 0 Å². The molecule has 0 radical (unpaired) electrons. The molecule has 0 bridgehead atoms. The van der Waals surface area contributed by atoms with Gasteiger partial charge >= 0.3 is 0 Å². The molecule has 21 heavy (non-hydrogen) atoms. The molecule has 0 aliphatic carbocycles. The van der Waals surface area contributed by atoms with Crippen molar-refractivity contribution >= 4 is 21.6 Å². The summed E-state index contributed by atoms with van der Waals surface area (Å²) in [7, 11) is 0. The highest BCUT2D eigenvalue weighted by molar-refractivity contribution is 9.10. The van der Waals surface area contributed by atoms with Crippen LogP contribution in [0.5, 0.6) is 0 Å². The van der Waals surface area contributed by atoms with Gasteiger partial charge in [-0.05, 0) is 36.1 Å². The second-order valence-corrected chi connectivity index (χ2v) is 6.45. The Balaban J connectivity index is 2.32. The van der Waals surface area contributed by atoms with Crippen LogP contribution in [-0.4, -0.2) is 0 Å². The van der Waals surface area contributed by atoms with E-state index in [1.807, 2.05) is 24.3 Å². The lowest BCUT2D eigenvalue weighted by molar-refractivity contribution is 0.531. The minimum absolute atomic E-state index is 0.201. The van der Waals surface area contributed by atoms with Crippen molar-refractivity contribution in [2.24, 2.45) is 5.92 Å². The molecule has 2 aromatic carbocycles. The summed E-state index contributed by atoms with van der Waals surface area (Å²) >= 11 is 3.47. The van der Waals surface area contributed by atoms with Crippen molar-refractivity contribution in [1.82, 2.24) is 0 Å². The molecule has 1 unspecified atom stereocenters. The maximum atomic E-state index is 9.27. The maximum absolute atomic E-state index is 9.27. The van der Waals surface area contributed by atoms with Gasteiger partial charge in [-0.1, -0.05) is 60.1 Å². The maximum Gasteiger partial charge on any atom is 0.101 e. The summed E-state index contributed by atoms with van der Waals surface area (Å²) in [4.78, 5) is 0. The first-order valence-corrected chi connectivity index (χ1v) is 7.90. The van der Waals surface area contributed by atoms with E-state index in [0.717, 1.165) is 16.6 Å². The normalized spacial score (nSPS) is 12.0. The topological polar surface area (TPSA) is 35.8 Å². The Labute approximate surface area is 134 Å². The fraction of sp³-hybridized carbons (Fsp3) is 0.278. The van der Waals surface area contributed by atoms with Gasteiger partial charge in [0.25, 0.3) is 0 Å². The minimum atomic E-state index is 0.201. The van der Waals surface area contributed by atoms with E-state index in [1.165, 1.54) is 5.56 Å². The SMILES string of the molecule is CC(C)CC(Nc1cc(Br)ccc1C#N)c1ccccc1. The summed E-state index contributed by atoms with van der Waals surface area (Å²) in [5.41, 5.74) is 2.79. The molecule has 2 rings (SSSR count). The zero-order valence-corrected chi connectivity index (χ0v) is 13.9. The molecule has 1 atom stereocenters. The van der Waals surface area contributed by atoms with Crippen LogP contribution in [0.25, 0.3) is 0 Å². The highest BCUT2D eigenvalue weighted by Gasteiger charge is 2.15. The van der Waals surface area contributed by atoms with Gasteiger partial charge in [0.15, 0.2) is 0 Å². The zero-order chi connectivity index (χ0) is 15.2. The first-order valence-electron chi connectivity index (χ1n) is 7.11. The van der Waals surface area contributed by atoms with Crippen LogP contribution in [0, 0.1) is 17.2 Å². The van der Waals surface area contributed by atoms with Crippen LogP contribution in [0.3, 0.4) is 0 Å². The number of hydrogen-bond acceptors (Lipinski definition) is 2. The number of rotatable bonds is 5. The van der Waals surface area contributed by atoms with Crippen molar-refractivity contribution in [1.29, 1.82) is 5.26 Å². The average molecular weight is 343 g/mol. The van der Waals surface area contributed by atoms with Gasteiger partial charge in [-0.2, -0.15) is 5.26 Å². The Morgan fingerprint density at radius 1 is 1.14 bits per heavy atom. The lowest BCUT2D eigenvalue weighted by Gasteiger charge is -2.23. The third-order valence-corrected chi connectivity index (χ3v) is 3.83. The van der Waals surface area contributed by atoms with Crippen molar-refractivity contribution in [3.8, 4) is 6.07 Å². The van der Waals surface area contributed by atoms with Gasteiger partial charge in [0.1, 0.15) is 6.07 Å². The van der Waals surface area contributed by atoms with E-state index < -0.39 is 0 Å². The van der Waals surface area contributed by atoms with Crippen LogP contribution < -0.4 is 5.32 Å². The minimum Gasteiger partial charge on any atom is -0.377 e. The molecule has 0 fully saturated rings. The lowest BCUT2D eigenvalue weighted by atomic mass is 9.96. The van der Waals surface area contributed by atoms with Crippen molar-refractivity contribution in [3.63, 3.8) is 0 Å². The third-order valence-electron chi connectivity index (χ3n) is 3.34. The smallest absolute Gasteiger partial charge is 0.101 e. The van der Waals surface area contributed by atoms with Crippen molar-refractivity contribution in [2.75, 3.05) is 5.32 Å². The molecule has 0 heterocycles. The molecule has 2 nitrogen and oxygen atoms in total. The number of hydrogen-bond donors (Lipinski definition) is 1. The molecule has 3 heteroatoms. The van der Waals surface area contributed by atoms with Crippen LogP contribution in [0.2, 0.25) is 0 Å².